The van der Waals surface area contributed by atoms with Gasteiger partial charge in [0.2, 0.25) is 0 Å². The normalized spacial score (nSPS) is 15.5. The van der Waals surface area contributed by atoms with E-state index in [2.05, 4.69) is 12.2 Å². The average Bonchev–Trinajstić information content (AvgIpc) is 2.67. The smallest absolute Gasteiger partial charge is 0.166 e. The zero-order valence-corrected chi connectivity index (χ0v) is 7.31. The lowest BCUT2D eigenvalue weighted by atomic mass is 10.1. The highest BCUT2D eigenvalue weighted by Gasteiger charge is 2.05. The topological polar surface area (TPSA) is 22.0 Å². The fourth-order valence-electron chi connectivity index (χ4n) is 1.54. The molecule has 2 rings (SSSR count). The summed E-state index contributed by atoms with van der Waals surface area (Å²) in [6.07, 6.45) is 11.1. The number of aldehydes is 1. The van der Waals surface area contributed by atoms with Crippen molar-refractivity contribution in [3.8, 4) is 0 Å². The summed E-state index contributed by atoms with van der Waals surface area (Å²) in [7, 11) is 0. The molecule has 1 aromatic heterocycles. The van der Waals surface area contributed by atoms with Crippen molar-refractivity contribution in [1.82, 2.24) is 4.57 Å². The standard InChI is InChI=1S/C11H11NO/c13-9-11-7-4-8-12(11)10-5-2-1-3-6-10/h1-2,4-5,7-9H,3,6H2. The zero-order chi connectivity index (χ0) is 9.10. The first kappa shape index (κ1) is 8.05. The number of nitrogens with zero attached hydrogens (tertiary/aromatic N) is 1. The molecule has 66 valence electrons. The second-order valence-electron chi connectivity index (χ2n) is 3.05. The van der Waals surface area contributed by atoms with E-state index in [4.69, 9.17) is 0 Å². The molecule has 1 aromatic rings. The summed E-state index contributed by atoms with van der Waals surface area (Å²) >= 11 is 0. The predicted molar refractivity (Wildman–Crippen MR) is 52.5 cm³/mol. The minimum absolute atomic E-state index is 0.724. The maximum Gasteiger partial charge on any atom is 0.166 e. The number of hydrogen-bond donors (Lipinski definition) is 0. The van der Waals surface area contributed by atoms with Crippen molar-refractivity contribution in [2.24, 2.45) is 0 Å². The molecule has 0 saturated heterocycles. The molecule has 0 radical (unpaired) electrons. The van der Waals surface area contributed by atoms with Crippen molar-refractivity contribution in [1.29, 1.82) is 0 Å². The van der Waals surface area contributed by atoms with E-state index in [1.54, 1.807) is 0 Å². The molecule has 0 bridgehead atoms. The number of rotatable bonds is 2. The summed E-state index contributed by atoms with van der Waals surface area (Å²) in [4.78, 5) is 10.7. The van der Waals surface area contributed by atoms with Crippen molar-refractivity contribution in [2.75, 3.05) is 0 Å². The van der Waals surface area contributed by atoms with Gasteiger partial charge in [0, 0.05) is 11.9 Å². The number of hydrogen-bond acceptors (Lipinski definition) is 1. The van der Waals surface area contributed by atoms with Crippen molar-refractivity contribution < 1.29 is 4.79 Å². The van der Waals surface area contributed by atoms with E-state index in [9.17, 15) is 4.79 Å². The van der Waals surface area contributed by atoms with Gasteiger partial charge in [-0.15, -0.1) is 0 Å². The van der Waals surface area contributed by atoms with Crippen molar-refractivity contribution >= 4 is 12.0 Å². The molecule has 0 aliphatic heterocycles. The molecule has 1 aliphatic carbocycles. The monoisotopic (exact) mass is 173 g/mol. The third-order valence-electron chi connectivity index (χ3n) is 2.20. The van der Waals surface area contributed by atoms with E-state index in [0.717, 1.165) is 24.8 Å². The van der Waals surface area contributed by atoms with E-state index in [1.807, 2.05) is 29.0 Å². The van der Waals surface area contributed by atoms with Crippen LogP contribution in [0.1, 0.15) is 23.3 Å². The Morgan fingerprint density at radius 1 is 1.46 bits per heavy atom. The molecule has 1 aliphatic rings. The number of aromatic nitrogens is 1. The van der Waals surface area contributed by atoms with E-state index in [-0.39, 0.29) is 0 Å². The second-order valence-corrected chi connectivity index (χ2v) is 3.05. The highest BCUT2D eigenvalue weighted by molar-refractivity contribution is 5.75. The Morgan fingerprint density at radius 3 is 3.08 bits per heavy atom. The van der Waals surface area contributed by atoms with Crippen LogP contribution >= 0.6 is 0 Å². The van der Waals surface area contributed by atoms with Gasteiger partial charge < -0.3 is 4.57 Å². The third kappa shape index (κ3) is 1.47. The average molecular weight is 173 g/mol. The van der Waals surface area contributed by atoms with Crippen LogP contribution in [0.2, 0.25) is 0 Å². The Bertz CT molecular complexity index is 371. The highest BCUT2D eigenvalue weighted by Crippen LogP contribution is 2.18. The lowest BCUT2D eigenvalue weighted by Gasteiger charge is -2.11. The molecular weight excluding hydrogens is 162 g/mol. The molecule has 0 saturated carbocycles. The maximum absolute atomic E-state index is 10.7. The van der Waals surface area contributed by atoms with Gasteiger partial charge in [-0.3, -0.25) is 4.79 Å². The van der Waals surface area contributed by atoms with Crippen molar-refractivity contribution in [2.45, 2.75) is 12.8 Å². The van der Waals surface area contributed by atoms with Crippen molar-refractivity contribution in [3.05, 3.63) is 42.3 Å². The van der Waals surface area contributed by atoms with Gasteiger partial charge in [-0.1, -0.05) is 12.2 Å². The van der Waals surface area contributed by atoms with Gasteiger partial charge in [-0.25, -0.2) is 0 Å². The summed E-state index contributed by atoms with van der Waals surface area (Å²) in [5, 5.41) is 0. The van der Waals surface area contributed by atoms with Gasteiger partial charge in [0.05, 0.1) is 5.69 Å². The SMILES string of the molecule is O=Cc1cccn1C1=CC=CCC1. The number of allylic oxidation sites excluding steroid dienone is 4. The molecule has 0 fully saturated rings. The zero-order valence-electron chi connectivity index (χ0n) is 7.31. The minimum Gasteiger partial charge on any atom is -0.318 e. The molecule has 0 aromatic carbocycles. The molecule has 2 nitrogen and oxygen atoms in total. The largest absolute Gasteiger partial charge is 0.318 e. The summed E-state index contributed by atoms with van der Waals surface area (Å²) < 4.78 is 1.94. The Hall–Kier alpha value is -1.57. The molecule has 0 amide bonds. The molecule has 0 unspecified atom stereocenters. The summed E-state index contributed by atoms with van der Waals surface area (Å²) in [6, 6.07) is 3.72. The van der Waals surface area contributed by atoms with Crippen LogP contribution in [0.5, 0.6) is 0 Å². The summed E-state index contributed by atoms with van der Waals surface area (Å²) in [5.41, 5.74) is 1.91. The summed E-state index contributed by atoms with van der Waals surface area (Å²) in [6.45, 7) is 0. The van der Waals surface area contributed by atoms with Crippen LogP contribution < -0.4 is 0 Å². The molecule has 1 heterocycles. The maximum atomic E-state index is 10.7. The Labute approximate surface area is 77.2 Å². The van der Waals surface area contributed by atoms with Crippen LogP contribution in [0.3, 0.4) is 0 Å². The van der Waals surface area contributed by atoms with Crippen LogP contribution in [0.4, 0.5) is 0 Å². The van der Waals surface area contributed by atoms with Gasteiger partial charge >= 0.3 is 0 Å². The Morgan fingerprint density at radius 2 is 2.38 bits per heavy atom. The van der Waals surface area contributed by atoms with Crippen LogP contribution in [0.15, 0.2) is 36.6 Å². The predicted octanol–water partition coefficient (Wildman–Crippen LogP) is 2.49. The van der Waals surface area contributed by atoms with Crippen molar-refractivity contribution in [3.63, 3.8) is 0 Å². The Balaban J connectivity index is 2.39. The van der Waals surface area contributed by atoms with Gasteiger partial charge in [0.15, 0.2) is 6.29 Å². The number of carbonyl (C=O) groups excluding carboxylic acids is 1. The van der Waals surface area contributed by atoms with E-state index >= 15 is 0 Å². The fraction of sp³-hybridized carbons (Fsp3) is 0.182. The first-order chi connectivity index (χ1) is 6.42. The third-order valence-corrected chi connectivity index (χ3v) is 2.20. The first-order valence-corrected chi connectivity index (χ1v) is 4.40. The molecule has 2 heteroatoms. The lowest BCUT2D eigenvalue weighted by Crippen LogP contribution is -2.01. The van der Waals surface area contributed by atoms with Crippen LogP contribution in [-0.2, 0) is 0 Å². The van der Waals surface area contributed by atoms with Crippen LogP contribution in [0.25, 0.3) is 5.70 Å². The first-order valence-electron chi connectivity index (χ1n) is 4.40. The van der Waals surface area contributed by atoms with Crippen LogP contribution in [0, 0.1) is 0 Å². The van der Waals surface area contributed by atoms with Gasteiger partial charge in [0.25, 0.3) is 0 Å². The molecule has 0 spiro atoms. The van der Waals surface area contributed by atoms with Gasteiger partial charge in [-0.2, -0.15) is 0 Å². The molecule has 0 atom stereocenters. The molecule has 13 heavy (non-hydrogen) atoms. The Kier molecular flexibility index (Phi) is 2.13. The van der Waals surface area contributed by atoms with Gasteiger partial charge in [0.1, 0.15) is 0 Å². The molecule has 0 N–H and O–H groups in total. The fourth-order valence-corrected chi connectivity index (χ4v) is 1.54. The highest BCUT2D eigenvalue weighted by atomic mass is 16.1. The lowest BCUT2D eigenvalue weighted by molar-refractivity contribution is 0.111. The molecular formula is C11H11NO. The number of carbonyl (C=O) groups is 1. The second kappa shape index (κ2) is 3.44. The van der Waals surface area contributed by atoms with E-state index < -0.39 is 0 Å². The minimum atomic E-state index is 0.724. The van der Waals surface area contributed by atoms with Crippen LogP contribution in [-0.4, -0.2) is 10.9 Å². The summed E-state index contributed by atoms with van der Waals surface area (Å²) in [5.74, 6) is 0. The van der Waals surface area contributed by atoms with E-state index in [0.29, 0.717) is 0 Å². The quantitative estimate of drug-likeness (QED) is 0.630. The van der Waals surface area contributed by atoms with E-state index in [1.165, 1.54) is 5.70 Å². The van der Waals surface area contributed by atoms with Gasteiger partial charge in [-0.05, 0) is 31.1 Å².